The van der Waals surface area contributed by atoms with Crippen molar-refractivity contribution in [1.29, 1.82) is 0 Å². The second-order valence-electron chi connectivity index (χ2n) is 5.75. The highest BCUT2D eigenvalue weighted by Crippen LogP contribution is 2.44. The number of carbonyl (C=O) groups excluding carboxylic acids is 2. The van der Waals surface area contributed by atoms with Gasteiger partial charge < -0.3 is 14.8 Å². The molecule has 2 atom stereocenters. The van der Waals surface area contributed by atoms with Crippen molar-refractivity contribution in [1.82, 2.24) is 5.32 Å². The molecule has 0 spiro atoms. The van der Waals surface area contributed by atoms with Gasteiger partial charge in [-0.05, 0) is 32.9 Å². The van der Waals surface area contributed by atoms with Crippen LogP contribution in [0.15, 0.2) is 41.7 Å². The van der Waals surface area contributed by atoms with Crippen LogP contribution in [0.5, 0.6) is 0 Å². The van der Waals surface area contributed by atoms with Gasteiger partial charge in [0, 0.05) is 27.9 Å². The minimum absolute atomic E-state index is 0.0391. The quantitative estimate of drug-likeness (QED) is 0.788. The fourth-order valence-electron chi connectivity index (χ4n) is 3.11. The first kappa shape index (κ1) is 20.0. The van der Waals surface area contributed by atoms with Gasteiger partial charge in [0.25, 0.3) is 0 Å². The summed E-state index contributed by atoms with van der Waals surface area (Å²) in [7, 11) is 0. The normalized spacial score (nSPS) is 19.8. The van der Waals surface area contributed by atoms with Crippen LogP contribution in [0.3, 0.4) is 0 Å². The van der Waals surface area contributed by atoms with Crippen molar-refractivity contribution in [2.24, 2.45) is 5.92 Å². The van der Waals surface area contributed by atoms with Gasteiger partial charge in [-0.15, -0.1) is 0 Å². The fourth-order valence-corrected chi connectivity index (χ4v) is 3.39. The Hall–Kier alpha value is -2.34. The molecule has 0 bridgehead atoms. The first-order valence-electron chi connectivity index (χ1n) is 8.27. The number of halogens is 2. The van der Waals surface area contributed by atoms with E-state index < -0.39 is 29.6 Å². The van der Waals surface area contributed by atoms with E-state index in [1.807, 2.05) is 0 Å². The third kappa shape index (κ3) is 3.75. The summed E-state index contributed by atoms with van der Waals surface area (Å²) in [5.74, 6) is -3.92. The molecule has 1 aliphatic heterocycles. The lowest BCUT2D eigenvalue weighted by atomic mass is 9.75. The molecule has 0 aliphatic carbocycles. The highest BCUT2D eigenvalue weighted by molar-refractivity contribution is 6.31. The number of allylic oxidation sites excluding steroid dienone is 1. The summed E-state index contributed by atoms with van der Waals surface area (Å²) >= 11 is 6.24. The molecule has 1 N–H and O–H groups in total. The van der Waals surface area contributed by atoms with E-state index in [2.05, 4.69) is 11.9 Å². The average molecular weight is 382 g/mol. The molecule has 0 radical (unpaired) electrons. The predicted octanol–water partition coefficient (Wildman–Crippen LogP) is 3.70. The first-order valence-corrected chi connectivity index (χ1v) is 8.65. The number of hydrogen-bond donors (Lipinski definition) is 1. The molecule has 1 aliphatic rings. The largest absolute Gasteiger partial charge is 0.465 e. The lowest BCUT2D eigenvalue weighted by Crippen LogP contribution is -2.40. The van der Waals surface area contributed by atoms with E-state index in [-0.39, 0.29) is 29.4 Å². The maximum absolute atomic E-state index is 14.7. The Kier molecular flexibility index (Phi) is 6.42. The van der Waals surface area contributed by atoms with E-state index in [0.717, 1.165) is 0 Å². The second-order valence-corrected chi connectivity index (χ2v) is 6.16. The summed E-state index contributed by atoms with van der Waals surface area (Å²) in [6, 6.07) is 4.19. The van der Waals surface area contributed by atoms with Gasteiger partial charge in [-0.25, -0.2) is 9.18 Å². The predicted molar refractivity (Wildman–Crippen MR) is 95.9 cm³/mol. The van der Waals surface area contributed by atoms with Crippen LogP contribution in [0.2, 0.25) is 5.02 Å². The Bertz CT molecular complexity index is 755. The van der Waals surface area contributed by atoms with Crippen molar-refractivity contribution in [3.8, 4) is 0 Å². The van der Waals surface area contributed by atoms with E-state index in [4.69, 9.17) is 21.1 Å². The zero-order valence-electron chi connectivity index (χ0n) is 14.9. The molecule has 2 rings (SSSR count). The molecular weight excluding hydrogens is 361 g/mol. The van der Waals surface area contributed by atoms with Crippen molar-refractivity contribution >= 4 is 23.5 Å². The fraction of sp³-hybridized carbons (Fsp3) is 0.368. The minimum Gasteiger partial charge on any atom is -0.465 e. The van der Waals surface area contributed by atoms with Crippen molar-refractivity contribution in [3.05, 3.63) is 58.1 Å². The third-order valence-corrected chi connectivity index (χ3v) is 4.45. The van der Waals surface area contributed by atoms with Gasteiger partial charge in [-0.2, -0.15) is 0 Å². The Morgan fingerprint density at radius 3 is 2.50 bits per heavy atom. The van der Waals surface area contributed by atoms with E-state index in [1.165, 1.54) is 18.2 Å². The zero-order chi connectivity index (χ0) is 19.4. The van der Waals surface area contributed by atoms with Gasteiger partial charge in [0.1, 0.15) is 11.7 Å². The number of esters is 2. The maximum Gasteiger partial charge on any atom is 0.336 e. The van der Waals surface area contributed by atoms with Gasteiger partial charge in [0.2, 0.25) is 0 Å². The highest BCUT2D eigenvalue weighted by Gasteiger charge is 2.44. The molecule has 0 amide bonds. The third-order valence-electron chi connectivity index (χ3n) is 4.12. The van der Waals surface area contributed by atoms with E-state index >= 15 is 0 Å². The number of benzene rings is 1. The average Bonchev–Trinajstić information content (AvgIpc) is 2.54. The number of hydrogen-bond acceptors (Lipinski definition) is 5. The summed E-state index contributed by atoms with van der Waals surface area (Å²) in [5, 5.41) is 3.02. The van der Waals surface area contributed by atoms with E-state index in [1.54, 1.807) is 20.8 Å². The molecule has 140 valence electrons. The van der Waals surface area contributed by atoms with Gasteiger partial charge in [-0.1, -0.05) is 24.2 Å². The van der Waals surface area contributed by atoms with Crippen LogP contribution in [0.25, 0.3) is 0 Å². The molecule has 5 nitrogen and oxygen atoms in total. The first-order chi connectivity index (χ1) is 12.3. The molecule has 0 aromatic heterocycles. The molecule has 0 saturated carbocycles. The standard InChI is InChI=1S/C19H21ClFNO4/c1-5-25-18(23)14-10(3)22-11(4)15(19(24)26-6-2)17(14)16-12(20)8-7-9-13(16)21/h7-9,14,17,22H,3,5-6H2,1-2,4H3. The summed E-state index contributed by atoms with van der Waals surface area (Å²) in [4.78, 5) is 25.2. The summed E-state index contributed by atoms with van der Waals surface area (Å²) in [6.45, 7) is 9.10. The van der Waals surface area contributed by atoms with Crippen LogP contribution in [0.4, 0.5) is 4.39 Å². The van der Waals surface area contributed by atoms with Crippen LogP contribution in [-0.2, 0) is 19.1 Å². The molecule has 2 unspecified atom stereocenters. The Labute approximate surface area is 156 Å². The SMILES string of the molecule is C=C1NC(C)=C(C(=O)OCC)C(c2c(F)cccc2Cl)C1C(=O)OCC. The highest BCUT2D eigenvalue weighted by atomic mass is 35.5. The van der Waals surface area contributed by atoms with Crippen LogP contribution in [0.1, 0.15) is 32.3 Å². The van der Waals surface area contributed by atoms with Crippen LogP contribution in [0, 0.1) is 11.7 Å². The lowest BCUT2D eigenvalue weighted by Gasteiger charge is -2.35. The Morgan fingerprint density at radius 1 is 1.27 bits per heavy atom. The van der Waals surface area contributed by atoms with Crippen molar-refractivity contribution < 1.29 is 23.5 Å². The molecule has 0 fully saturated rings. The molecule has 7 heteroatoms. The number of rotatable bonds is 5. The van der Waals surface area contributed by atoms with Crippen molar-refractivity contribution in [2.75, 3.05) is 13.2 Å². The zero-order valence-corrected chi connectivity index (χ0v) is 15.7. The Morgan fingerprint density at radius 2 is 1.92 bits per heavy atom. The molecule has 1 heterocycles. The molecule has 1 aromatic carbocycles. The lowest BCUT2D eigenvalue weighted by molar-refractivity contribution is -0.147. The van der Waals surface area contributed by atoms with Crippen LogP contribution < -0.4 is 5.32 Å². The molecular formula is C19H21ClFNO4. The van der Waals surface area contributed by atoms with Crippen molar-refractivity contribution in [2.45, 2.75) is 26.7 Å². The summed E-state index contributed by atoms with van der Waals surface area (Å²) in [5.41, 5.74) is 0.901. The van der Waals surface area contributed by atoms with E-state index in [0.29, 0.717) is 11.4 Å². The Balaban J connectivity index is 2.72. The summed E-state index contributed by atoms with van der Waals surface area (Å²) in [6.07, 6.45) is 0. The van der Waals surface area contributed by atoms with Gasteiger partial charge >= 0.3 is 11.9 Å². The van der Waals surface area contributed by atoms with Gasteiger partial charge in [0.15, 0.2) is 0 Å². The molecule has 0 saturated heterocycles. The van der Waals surface area contributed by atoms with Crippen LogP contribution >= 0.6 is 11.6 Å². The number of ether oxygens (including phenoxy) is 2. The topological polar surface area (TPSA) is 64.6 Å². The van der Waals surface area contributed by atoms with Gasteiger partial charge in [-0.3, -0.25) is 4.79 Å². The van der Waals surface area contributed by atoms with Gasteiger partial charge in [0.05, 0.1) is 18.8 Å². The molecule has 26 heavy (non-hydrogen) atoms. The second kappa shape index (κ2) is 8.36. The van der Waals surface area contributed by atoms with Crippen molar-refractivity contribution in [3.63, 3.8) is 0 Å². The maximum atomic E-state index is 14.7. The summed E-state index contributed by atoms with van der Waals surface area (Å²) < 4.78 is 24.9. The molecule has 1 aromatic rings. The number of carbonyl (C=O) groups is 2. The monoisotopic (exact) mass is 381 g/mol. The smallest absolute Gasteiger partial charge is 0.336 e. The number of nitrogens with one attached hydrogen (secondary N) is 1. The van der Waals surface area contributed by atoms with E-state index in [9.17, 15) is 14.0 Å². The van der Waals surface area contributed by atoms with Crippen LogP contribution in [-0.4, -0.2) is 25.2 Å². The minimum atomic E-state index is -1.02.